The summed E-state index contributed by atoms with van der Waals surface area (Å²) >= 11 is 0. The van der Waals surface area contributed by atoms with Crippen molar-refractivity contribution < 1.29 is 14.3 Å². The summed E-state index contributed by atoms with van der Waals surface area (Å²) in [5.41, 5.74) is 3.11. The number of aromatic nitrogens is 1. The molecule has 0 atom stereocenters. The predicted molar refractivity (Wildman–Crippen MR) is 114 cm³/mol. The van der Waals surface area contributed by atoms with Gasteiger partial charge in [0.25, 0.3) is 0 Å². The second kappa shape index (κ2) is 6.12. The average molecular weight is 389 g/mol. The number of ketones is 1. The van der Waals surface area contributed by atoms with Crippen LogP contribution in [0.4, 0.5) is 0 Å². The first-order chi connectivity index (χ1) is 13.8. The Labute approximate surface area is 171 Å². The van der Waals surface area contributed by atoms with Gasteiger partial charge in [0.05, 0.1) is 0 Å². The highest BCUT2D eigenvalue weighted by Gasteiger charge is 2.68. The molecule has 3 aromatic rings. The Morgan fingerprint density at radius 3 is 2.41 bits per heavy atom. The predicted octanol–water partition coefficient (Wildman–Crippen LogP) is 5.33. The van der Waals surface area contributed by atoms with E-state index in [0.29, 0.717) is 19.8 Å². The summed E-state index contributed by atoms with van der Waals surface area (Å²) in [7, 11) is 0. The van der Waals surface area contributed by atoms with Crippen LogP contribution in [0.25, 0.3) is 10.9 Å². The van der Waals surface area contributed by atoms with Crippen molar-refractivity contribution in [3.63, 3.8) is 0 Å². The number of para-hydroxylation sites is 1. The molecule has 0 spiro atoms. The van der Waals surface area contributed by atoms with Gasteiger partial charge in [0.2, 0.25) is 0 Å². The fourth-order valence-electron chi connectivity index (χ4n) is 4.96. The molecule has 0 unspecified atom stereocenters. The molecular formula is C25H27NO3. The molecule has 5 rings (SSSR count). The summed E-state index contributed by atoms with van der Waals surface area (Å²) in [5.74, 6) is 1.91. The Hall–Kier alpha value is -2.75. The van der Waals surface area contributed by atoms with Gasteiger partial charge in [0, 0.05) is 35.1 Å². The van der Waals surface area contributed by atoms with E-state index in [9.17, 15) is 4.79 Å². The number of hydrogen-bond acceptors (Lipinski definition) is 3. The third-order valence-electron chi connectivity index (χ3n) is 7.30. The van der Waals surface area contributed by atoms with Crippen LogP contribution in [0.15, 0.2) is 48.7 Å². The number of Topliss-reactive ketones (excluding diaryl/α,β-unsaturated/α-hetero) is 1. The molecule has 2 heterocycles. The lowest BCUT2D eigenvalue weighted by Gasteiger charge is -2.19. The van der Waals surface area contributed by atoms with Crippen LogP contribution < -0.4 is 9.47 Å². The quantitative estimate of drug-likeness (QED) is 0.567. The fourth-order valence-corrected chi connectivity index (χ4v) is 4.96. The van der Waals surface area contributed by atoms with Gasteiger partial charge in [0.1, 0.15) is 13.2 Å². The van der Waals surface area contributed by atoms with Gasteiger partial charge in [-0.1, -0.05) is 52.0 Å². The van der Waals surface area contributed by atoms with Crippen LogP contribution in [0.5, 0.6) is 11.5 Å². The maximum Gasteiger partial charge on any atom is 0.169 e. The monoisotopic (exact) mass is 389 g/mol. The Kier molecular flexibility index (Phi) is 3.86. The number of benzene rings is 2. The highest BCUT2D eigenvalue weighted by atomic mass is 16.6. The first-order valence-electron chi connectivity index (χ1n) is 10.3. The highest BCUT2D eigenvalue weighted by molar-refractivity contribution is 6.11. The summed E-state index contributed by atoms with van der Waals surface area (Å²) in [6.45, 7) is 10.6. The fraction of sp³-hybridized carbons (Fsp3) is 0.400. The summed E-state index contributed by atoms with van der Waals surface area (Å²) < 4.78 is 13.5. The van der Waals surface area contributed by atoms with E-state index >= 15 is 0 Å². The summed E-state index contributed by atoms with van der Waals surface area (Å²) in [6.07, 6.45) is 2.04. The molecule has 0 saturated heterocycles. The average Bonchev–Trinajstić information content (AvgIpc) is 2.97. The van der Waals surface area contributed by atoms with Crippen molar-refractivity contribution in [1.82, 2.24) is 4.57 Å². The van der Waals surface area contributed by atoms with Gasteiger partial charge in [-0.05, 0) is 34.6 Å². The molecule has 4 nitrogen and oxygen atoms in total. The van der Waals surface area contributed by atoms with E-state index in [1.807, 2.05) is 30.5 Å². The maximum absolute atomic E-state index is 13.5. The molecule has 4 heteroatoms. The summed E-state index contributed by atoms with van der Waals surface area (Å²) in [5, 5.41) is 1.04. The number of fused-ring (bicyclic) bond motifs is 2. The van der Waals surface area contributed by atoms with Crippen LogP contribution in [-0.4, -0.2) is 23.6 Å². The van der Waals surface area contributed by atoms with Crippen LogP contribution in [0, 0.1) is 16.7 Å². The van der Waals surface area contributed by atoms with E-state index in [-0.39, 0.29) is 22.5 Å². The minimum Gasteiger partial charge on any atom is -0.486 e. The van der Waals surface area contributed by atoms with Gasteiger partial charge >= 0.3 is 0 Å². The Balaban J connectivity index is 1.52. The van der Waals surface area contributed by atoms with Crippen LogP contribution >= 0.6 is 0 Å². The lowest BCUT2D eigenvalue weighted by atomic mass is 10.0. The zero-order chi connectivity index (χ0) is 20.4. The SMILES string of the molecule is CC1(C)C(C(=O)c2cn(Cc3ccc4c(c3)OCCO4)c3ccccc23)C1(C)C. The Morgan fingerprint density at radius 1 is 1.00 bits per heavy atom. The van der Waals surface area contributed by atoms with Gasteiger partial charge in [-0.25, -0.2) is 0 Å². The number of carbonyl (C=O) groups excluding carboxylic acids is 1. The van der Waals surface area contributed by atoms with E-state index in [0.717, 1.165) is 33.5 Å². The Morgan fingerprint density at radius 2 is 1.69 bits per heavy atom. The molecule has 0 bridgehead atoms. The van der Waals surface area contributed by atoms with Crippen molar-refractivity contribution in [2.45, 2.75) is 34.2 Å². The molecule has 2 aromatic carbocycles. The van der Waals surface area contributed by atoms with Crippen molar-refractivity contribution in [3.8, 4) is 11.5 Å². The maximum atomic E-state index is 13.5. The highest BCUT2D eigenvalue weighted by Crippen LogP contribution is 2.69. The van der Waals surface area contributed by atoms with Crippen molar-refractivity contribution in [3.05, 3.63) is 59.8 Å². The van der Waals surface area contributed by atoms with Crippen LogP contribution in [-0.2, 0) is 6.54 Å². The molecule has 1 aliphatic carbocycles. The number of carbonyl (C=O) groups is 1. The lowest BCUT2D eigenvalue weighted by Crippen LogP contribution is -2.15. The van der Waals surface area contributed by atoms with Gasteiger partial charge in [-0.3, -0.25) is 4.79 Å². The van der Waals surface area contributed by atoms with Crippen molar-refractivity contribution in [2.24, 2.45) is 16.7 Å². The van der Waals surface area contributed by atoms with E-state index in [1.54, 1.807) is 0 Å². The summed E-state index contributed by atoms with van der Waals surface area (Å²) in [4.78, 5) is 13.5. The van der Waals surface area contributed by atoms with Gasteiger partial charge in [0.15, 0.2) is 17.3 Å². The topological polar surface area (TPSA) is 40.5 Å². The second-order valence-corrected chi connectivity index (χ2v) is 9.41. The van der Waals surface area contributed by atoms with Crippen LogP contribution in [0.3, 0.4) is 0 Å². The molecule has 0 amide bonds. The molecule has 0 N–H and O–H groups in total. The first-order valence-corrected chi connectivity index (χ1v) is 10.3. The van der Waals surface area contributed by atoms with Crippen LogP contribution in [0.1, 0.15) is 43.6 Å². The molecule has 1 fully saturated rings. The van der Waals surface area contributed by atoms with Crippen molar-refractivity contribution in [2.75, 3.05) is 13.2 Å². The van der Waals surface area contributed by atoms with Crippen molar-refractivity contribution in [1.29, 1.82) is 0 Å². The number of rotatable bonds is 4. The van der Waals surface area contributed by atoms with Gasteiger partial charge in [-0.2, -0.15) is 0 Å². The van der Waals surface area contributed by atoms with Gasteiger partial charge < -0.3 is 14.0 Å². The zero-order valence-corrected chi connectivity index (χ0v) is 17.5. The third-order valence-corrected chi connectivity index (χ3v) is 7.30. The molecule has 29 heavy (non-hydrogen) atoms. The molecule has 1 saturated carbocycles. The number of hydrogen-bond donors (Lipinski definition) is 0. The number of ether oxygens (including phenoxy) is 2. The minimum absolute atomic E-state index is 0.0309. The zero-order valence-electron chi connectivity index (χ0n) is 17.5. The second-order valence-electron chi connectivity index (χ2n) is 9.41. The minimum atomic E-state index is 0.0309. The third kappa shape index (κ3) is 2.69. The molecular weight excluding hydrogens is 362 g/mol. The smallest absolute Gasteiger partial charge is 0.169 e. The molecule has 150 valence electrons. The standard InChI is InChI=1S/C25H27NO3/c1-24(2)23(25(24,3)4)22(27)18-15-26(19-8-6-5-7-17(18)19)14-16-9-10-20-21(13-16)29-12-11-28-20/h5-10,13,15,23H,11-12,14H2,1-4H3. The van der Waals surface area contributed by atoms with E-state index in [4.69, 9.17) is 9.47 Å². The first kappa shape index (κ1) is 18.3. The normalized spacial score (nSPS) is 19.3. The Bertz CT molecular complexity index is 1110. The van der Waals surface area contributed by atoms with Crippen molar-refractivity contribution >= 4 is 16.7 Å². The lowest BCUT2D eigenvalue weighted by molar-refractivity contribution is 0.0946. The number of nitrogens with zero attached hydrogens (tertiary/aromatic N) is 1. The molecule has 2 aliphatic rings. The van der Waals surface area contributed by atoms with Crippen LogP contribution in [0.2, 0.25) is 0 Å². The molecule has 1 aliphatic heterocycles. The largest absolute Gasteiger partial charge is 0.486 e. The molecule has 1 aromatic heterocycles. The molecule has 0 radical (unpaired) electrons. The van der Waals surface area contributed by atoms with Gasteiger partial charge in [-0.15, -0.1) is 0 Å². The summed E-state index contributed by atoms with van der Waals surface area (Å²) in [6, 6.07) is 14.3. The van der Waals surface area contributed by atoms with E-state index < -0.39 is 0 Å². The van der Waals surface area contributed by atoms with E-state index in [2.05, 4.69) is 50.5 Å². The van der Waals surface area contributed by atoms with E-state index in [1.165, 1.54) is 0 Å².